The second-order valence-corrected chi connectivity index (χ2v) is 6.87. The van der Waals surface area contributed by atoms with E-state index in [-0.39, 0.29) is 5.91 Å². The maximum Gasteiger partial charge on any atom is 0.279 e. The Balaban J connectivity index is 1.57. The Hall–Kier alpha value is -1.06. The van der Waals surface area contributed by atoms with Gasteiger partial charge in [-0.3, -0.25) is 4.79 Å². The summed E-state index contributed by atoms with van der Waals surface area (Å²) in [5, 5.41) is 3.69. The Morgan fingerprint density at radius 2 is 1.86 bits per heavy atom. The van der Waals surface area contributed by atoms with Gasteiger partial charge in [-0.2, -0.15) is 0 Å². The molecule has 1 aliphatic heterocycles. The molecule has 3 nitrogen and oxygen atoms in total. The second-order valence-electron chi connectivity index (χ2n) is 6.43. The third kappa shape index (κ3) is 3.78. The van der Waals surface area contributed by atoms with Gasteiger partial charge in [0.15, 0.2) is 6.54 Å². The number of amides is 1. The molecule has 1 heterocycles. The van der Waals surface area contributed by atoms with Gasteiger partial charge in [-0.05, 0) is 56.4 Å². The first-order valence-corrected chi connectivity index (χ1v) is 8.50. The lowest BCUT2D eigenvalue weighted by Gasteiger charge is -2.40. The monoisotopic (exact) mass is 307 g/mol. The molecule has 1 aliphatic carbocycles. The number of nitrogens with one attached hydrogen (secondary N) is 2. The molecule has 0 spiro atoms. The maximum absolute atomic E-state index is 12.3. The van der Waals surface area contributed by atoms with Crippen LogP contribution in [0, 0.1) is 5.92 Å². The Bertz CT molecular complexity index is 486. The van der Waals surface area contributed by atoms with Crippen molar-refractivity contribution in [1.29, 1.82) is 0 Å². The Kier molecular flexibility index (Phi) is 4.81. The van der Waals surface area contributed by atoms with Crippen molar-refractivity contribution in [2.75, 3.05) is 18.4 Å². The van der Waals surface area contributed by atoms with Crippen LogP contribution in [0.15, 0.2) is 24.3 Å². The molecule has 0 radical (unpaired) electrons. The van der Waals surface area contributed by atoms with Crippen LogP contribution in [0.3, 0.4) is 0 Å². The van der Waals surface area contributed by atoms with Crippen LogP contribution in [0.1, 0.15) is 38.5 Å². The number of carbonyl (C=O) groups excluding carboxylic acids is 1. The van der Waals surface area contributed by atoms with Crippen LogP contribution in [0.4, 0.5) is 5.69 Å². The predicted molar refractivity (Wildman–Crippen MR) is 85.8 cm³/mol. The van der Waals surface area contributed by atoms with Crippen LogP contribution in [0.5, 0.6) is 0 Å². The standard InChI is InChI=1S/C17H23ClN2O/c18-14-7-9-15(10-8-14)19-17(21)12-20-11-3-5-13-4-1-2-6-16(13)20/h7-10,13,16H,1-6,11-12H2,(H,19,21)/p+1/t13-,16+/m1/s1. The molecule has 1 aromatic rings. The summed E-state index contributed by atoms with van der Waals surface area (Å²) in [6.45, 7) is 1.75. The van der Waals surface area contributed by atoms with Crippen LogP contribution < -0.4 is 10.2 Å². The SMILES string of the molecule is O=C(C[NH+]1CCC[C@H]2CCCC[C@@H]21)Nc1ccc(Cl)cc1. The van der Waals surface area contributed by atoms with E-state index in [2.05, 4.69) is 5.32 Å². The van der Waals surface area contributed by atoms with E-state index in [0.29, 0.717) is 17.6 Å². The maximum atomic E-state index is 12.3. The summed E-state index contributed by atoms with van der Waals surface area (Å²) < 4.78 is 0. The van der Waals surface area contributed by atoms with Crippen LogP contribution in [0.25, 0.3) is 0 Å². The van der Waals surface area contributed by atoms with E-state index >= 15 is 0 Å². The van der Waals surface area contributed by atoms with Crippen molar-refractivity contribution in [3.8, 4) is 0 Å². The van der Waals surface area contributed by atoms with Gasteiger partial charge in [-0.1, -0.05) is 18.0 Å². The van der Waals surface area contributed by atoms with Crippen molar-refractivity contribution < 1.29 is 9.69 Å². The third-order valence-corrected chi connectivity index (χ3v) is 5.27. The highest BCUT2D eigenvalue weighted by Crippen LogP contribution is 2.28. The number of carbonyl (C=O) groups is 1. The van der Waals surface area contributed by atoms with Gasteiger partial charge in [0, 0.05) is 16.6 Å². The fraction of sp³-hybridized carbons (Fsp3) is 0.588. The lowest BCUT2D eigenvalue weighted by atomic mass is 9.78. The molecule has 1 saturated carbocycles. The number of anilines is 1. The molecule has 114 valence electrons. The summed E-state index contributed by atoms with van der Waals surface area (Å²) in [5.74, 6) is 0.976. The fourth-order valence-electron chi connectivity index (χ4n) is 4.03. The lowest BCUT2D eigenvalue weighted by molar-refractivity contribution is -0.928. The van der Waals surface area contributed by atoms with Crippen LogP contribution in [-0.4, -0.2) is 25.0 Å². The van der Waals surface area contributed by atoms with Crippen molar-refractivity contribution in [3.05, 3.63) is 29.3 Å². The first-order chi connectivity index (χ1) is 10.2. The van der Waals surface area contributed by atoms with Crippen molar-refractivity contribution in [3.63, 3.8) is 0 Å². The smallest absolute Gasteiger partial charge is 0.279 e. The van der Waals surface area contributed by atoms with Crippen LogP contribution >= 0.6 is 11.6 Å². The molecule has 2 N–H and O–H groups in total. The van der Waals surface area contributed by atoms with Gasteiger partial charge in [-0.15, -0.1) is 0 Å². The Labute approximate surface area is 131 Å². The molecule has 1 amide bonds. The molecule has 3 atom stereocenters. The zero-order valence-electron chi connectivity index (χ0n) is 12.4. The summed E-state index contributed by atoms with van der Waals surface area (Å²) in [7, 11) is 0. The van der Waals surface area contributed by atoms with E-state index < -0.39 is 0 Å². The first kappa shape index (κ1) is 14.9. The number of hydrogen-bond acceptors (Lipinski definition) is 1. The molecule has 1 unspecified atom stereocenters. The van der Waals surface area contributed by atoms with E-state index in [4.69, 9.17) is 11.6 Å². The van der Waals surface area contributed by atoms with E-state index in [1.165, 1.54) is 43.4 Å². The minimum Gasteiger partial charge on any atom is -0.324 e. The Morgan fingerprint density at radius 3 is 2.67 bits per heavy atom. The van der Waals surface area contributed by atoms with Gasteiger partial charge in [0.2, 0.25) is 0 Å². The topological polar surface area (TPSA) is 33.5 Å². The van der Waals surface area contributed by atoms with Crippen molar-refractivity contribution in [2.45, 2.75) is 44.6 Å². The quantitative estimate of drug-likeness (QED) is 0.884. The number of piperidine rings is 1. The minimum atomic E-state index is 0.124. The molecule has 0 bridgehead atoms. The third-order valence-electron chi connectivity index (χ3n) is 5.02. The van der Waals surface area contributed by atoms with E-state index in [1.54, 1.807) is 0 Å². The molecule has 3 rings (SSSR count). The average Bonchev–Trinajstić information content (AvgIpc) is 2.50. The molecule has 1 saturated heterocycles. The molecule has 1 aromatic carbocycles. The zero-order chi connectivity index (χ0) is 14.7. The van der Waals surface area contributed by atoms with Gasteiger partial charge in [0.05, 0.1) is 12.6 Å². The molecule has 0 aromatic heterocycles. The van der Waals surface area contributed by atoms with Crippen molar-refractivity contribution >= 4 is 23.2 Å². The number of quaternary nitrogens is 1. The van der Waals surface area contributed by atoms with Gasteiger partial charge >= 0.3 is 0 Å². The fourth-order valence-corrected chi connectivity index (χ4v) is 4.16. The summed E-state index contributed by atoms with van der Waals surface area (Å²) in [4.78, 5) is 13.8. The highest BCUT2D eigenvalue weighted by Gasteiger charge is 2.37. The minimum absolute atomic E-state index is 0.124. The van der Waals surface area contributed by atoms with Gasteiger partial charge < -0.3 is 10.2 Å². The summed E-state index contributed by atoms with van der Waals surface area (Å²) >= 11 is 5.86. The first-order valence-electron chi connectivity index (χ1n) is 8.12. The average molecular weight is 308 g/mol. The normalized spacial score (nSPS) is 28.7. The van der Waals surface area contributed by atoms with E-state index in [1.807, 2.05) is 24.3 Å². The molecule has 2 fully saturated rings. The summed E-state index contributed by atoms with van der Waals surface area (Å²) in [6.07, 6.45) is 8.02. The summed E-state index contributed by atoms with van der Waals surface area (Å²) in [6, 6.07) is 8.04. The number of halogens is 1. The van der Waals surface area contributed by atoms with Crippen molar-refractivity contribution in [1.82, 2.24) is 0 Å². The molecule has 4 heteroatoms. The molecular weight excluding hydrogens is 284 g/mol. The second kappa shape index (κ2) is 6.80. The van der Waals surface area contributed by atoms with Crippen LogP contribution in [-0.2, 0) is 4.79 Å². The zero-order valence-corrected chi connectivity index (χ0v) is 13.2. The van der Waals surface area contributed by atoms with E-state index in [0.717, 1.165) is 18.2 Å². The van der Waals surface area contributed by atoms with E-state index in [9.17, 15) is 4.79 Å². The van der Waals surface area contributed by atoms with Crippen molar-refractivity contribution in [2.24, 2.45) is 5.92 Å². The van der Waals surface area contributed by atoms with Crippen LogP contribution in [0.2, 0.25) is 5.02 Å². The number of rotatable bonds is 3. The Morgan fingerprint density at radius 1 is 1.14 bits per heavy atom. The molecule has 21 heavy (non-hydrogen) atoms. The highest BCUT2D eigenvalue weighted by atomic mass is 35.5. The highest BCUT2D eigenvalue weighted by molar-refractivity contribution is 6.30. The molecular formula is C17H24ClN2O+. The number of fused-ring (bicyclic) bond motifs is 1. The number of benzene rings is 1. The largest absolute Gasteiger partial charge is 0.324 e. The van der Waals surface area contributed by atoms with Gasteiger partial charge in [-0.25, -0.2) is 0 Å². The lowest BCUT2D eigenvalue weighted by Crippen LogP contribution is -3.18. The molecule has 2 aliphatic rings. The van der Waals surface area contributed by atoms with Gasteiger partial charge in [0.1, 0.15) is 0 Å². The summed E-state index contributed by atoms with van der Waals surface area (Å²) in [5.41, 5.74) is 0.834. The number of likely N-dealkylation sites (tertiary alicyclic amines) is 1. The predicted octanol–water partition coefficient (Wildman–Crippen LogP) is 2.52. The van der Waals surface area contributed by atoms with Gasteiger partial charge in [0.25, 0.3) is 5.91 Å². The number of hydrogen-bond donors (Lipinski definition) is 2.